The van der Waals surface area contributed by atoms with E-state index in [9.17, 15) is 0 Å². The highest BCUT2D eigenvalue weighted by atomic mass is 32.2. The van der Waals surface area contributed by atoms with Crippen LogP contribution >= 0.6 is 11.8 Å². The Morgan fingerprint density at radius 3 is 2.93 bits per heavy atom. The van der Waals surface area contributed by atoms with Crippen LogP contribution in [0.5, 0.6) is 0 Å². The Morgan fingerprint density at radius 1 is 1.36 bits per heavy atom. The first-order valence-electron chi connectivity index (χ1n) is 9.36. The van der Waals surface area contributed by atoms with E-state index in [1.807, 2.05) is 25.1 Å². The average Bonchev–Trinajstić information content (AvgIpc) is 3.38. The van der Waals surface area contributed by atoms with Crippen LogP contribution in [0.15, 0.2) is 41.5 Å². The Kier molecular flexibility index (Phi) is 7.64. The summed E-state index contributed by atoms with van der Waals surface area (Å²) in [5.41, 5.74) is 2.05. The van der Waals surface area contributed by atoms with Crippen LogP contribution in [0.3, 0.4) is 0 Å². The second-order valence-electron chi connectivity index (χ2n) is 6.37. The topological polar surface area (TPSA) is 92.6 Å². The number of H-pyrrole nitrogens is 1. The molecule has 1 fully saturated rings. The van der Waals surface area contributed by atoms with E-state index in [0.717, 1.165) is 24.1 Å². The number of benzene rings is 1. The summed E-state index contributed by atoms with van der Waals surface area (Å²) in [6.45, 7) is 3.50. The predicted octanol–water partition coefficient (Wildman–Crippen LogP) is 3.93. The van der Waals surface area contributed by atoms with Gasteiger partial charge < -0.3 is 19.2 Å². The van der Waals surface area contributed by atoms with E-state index in [0.29, 0.717) is 31.5 Å². The molecule has 1 saturated heterocycles. The van der Waals surface area contributed by atoms with Gasteiger partial charge in [-0.1, -0.05) is 42.1 Å². The van der Waals surface area contributed by atoms with Crippen LogP contribution < -0.4 is 0 Å². The molecule has 1 aromatic carbocycles. The molecule has 2 aromatic rings. The van der Waals surface area contributed by atoms with Gasteiger partial charge in [0.25, 0.3) is 5.90 Å². The van der Waals surface area contributed by atoms with Crippen molar-refractivity contribution in [3.63, 3.8) is 0 Å². The fourth-order valence-corrected chi connectivity index (χ4v) is 3.15. The number of aromatic amines is 1. The minimum Gasteiger partial charge on any atom is -0.475 e. The lowest BCUT2D eigenvalue weighted by molar-refractivity contribution is -0.0215. The van der Waals surface area contributed by atoms with E-state index < -0.39 is 0 Å². The Balaban J connectivity index is 1.54. The van der Waals surface area contributed by atoms with Crippen molar-refractivity contribution < 1.29 is 14.2 Å². The molecule has 1 aliphatic rings. The van der Waals surface area contributed by atoms with Crippen molar-refractivity contribution in [2.45, 2.75) is 38.6 Å². The zero-order valence-electron chi connectivity index (χ0n) is 16.2. The smallest absolute Gasteiger partial charge is 0.260 e. The Bertz CT molecular complexity index is 794. The zero-order valence-corrected chi connectivity index (χ0v) is 17.0. The summed E-state index contributed by atoms with van der Waals surface area (Å²) < 4.78 is 17.5. The maximum Gasteiger partial charge on any atom is 0.260 e. The minimum absolute atomic E-state index is 0.0468. The third-order valence-corrected chi connectivity index (χ3v) is 4.82. The molecule has 1 aromatic heterocycles. The molecule has 0 bridgehead atoms. The molecule has 0 saturated carbocycles. The number of rotatable bonds is 7. The number of aliphatic imine (C=N–C) groups is 1. The van der Waals surface area contributed by atoms with Crippen LogP contribution in [0.4, 0.5) is 0 Å². The number of thioether (sulfide) groups is 1. The maximum absolute atomic E-state index is 7.74. The van der Waals surface area contributed by atoms with Gasteiger partial charge in [0.05, 0.1) is 43.9 Å². The highest BCUT2D eigenvalue weighted by molar-refractivity contribution is 8.13. The molecule has 2 heterocycles. The minimum atomic E-state index is -0.0468. The standard InChI is InChI=1S/C20H26N4O3S/c1-3-26-19(24-20(21)28-2)18-22-11-16(23-18)17-10-9-15(27-17)13-25-12-14-7-5-4-6-8-14/h4-8,11,15,17,21H,3,9-10,12-13H2,1-2H3,(H,22,23)/t15-,17+/m0/s1. The summed E-state index contributed by atoms with van der Waals surface area (Å²) in [6, 6.07) is 10.1. The molecular formula is C20H26N4O3S. The van der Waals surface area contributed by atoms with Crippen LogP contribution in [0.25, 0.3) is 0 Å². The highest BCUT2D eigenvalue weighted by Gasteiger charge is 2.28. The fraction of sp³-hybridized carbons (Fsp3) is 0.450. The van der Waals surface area contributed by atoms with Gasteiger partial charge in [0.1, 0.15) is 0 Å². The first kappa shape index (κ1) is 20.6. The summed E-state index contributed by atoms with van der Waals surface area (Å²) in [6.07, 6.45) is 5.43. The number of ether oxygens (including phenoxy) is 3. The monoisotopic (exact) mass is 402 g/mol. The van der Waals surface area contributed by atoms with Crippen molar-refractivity contribution in [2.75, 3.05) is 19.5 Å². The summed E-state index contributed by atoms with van der Waals surface area (Å²) >= 11 is 1.25. The number of nitrogens with zero attached hydrogens (tertiary/aromatic N) is 2. The molecule has 0 unspecified atom stereocenters. The highest BCUT2D eigenvalue weighted by Crippen LogP contribution is 2.32. The number of nitrogens with one attached hydrogen (secondary N) is 2. The van der Waals surface area contributed by atoms with Gasteiger partial charge in [0, 0.05) is 0 Å². The Morgan fingerprint density at radius 2 is 2.18 bits per heavy atom. The number of amidine groups is 1. The van der Waals surface area contributed by atoms with Gasteiger partial charge in [-0.2, -0.15) is 4.99 Å². The van der Waals surface area contributed by atoms with Crippen molar-refractivity contribution >= 4 is 22.8 Å². The SMILES string of the molecule is CCOC(=NC(=N)SC)c1ncc([C@H]2CC[C@@H](COCc3ccccc3)O2)[nH]1. The van der Waals surface area contributed by atoms with E-state index >= 15 is 0 Å². The molecule has 0 amide bonds. The van der Waals surface area contributed by atoms with Crippen molar-refractivity contribution in [1.29, 1.82) is 5.41 Å². The van der Waals surface area contributed by atoms with Crippen LogP contribution in [0.1, 0.15) is 43.0 Å². The number of imidazole rings is 1. The molecule has 150 valence electrons. The zero-order chi connectivity index (χ0) is 19.8. The summed E-state index contributed by atoms with van der Waals surface area (Å²) in [4.78, 5) is 11.8. The predicted molar refractivity (Wildman–Crippen MR) is 111 cm³/mol. The van der Waals surface area contributed by atoms with Crippen LogP contribution in [-0.2, 0) is 20.8 Å². The molecule has 0 spiro atoms. The van der Waals surface area contributed by atoms with Gasteiger partial charge in [-0.3, -0.25) is 5.41 Å². The first-order valence-corrected chi connectivity index (χ1v) is 10.6. The van der Waals surface area contributed by atoms with Crippen LogP contribution in [-0.4, -0.2) is 46.6 Å². The molecule has 2 N–H and O–H groups in total. The molecular weight excluding hydrogens is 376 g/mol. The van der Waals surface area contributed by atoms with Crippen LogP contribution in [0.2, 0.25) is 0 Å². The number of hydrogen-bond acceptors (Lipinski definition) is 6. The van der Waals surface area contributed by atoms with Gasteiger partial charge in [-0.15, -0.1) is 0 Å². The van der Waals surface area contributed by atoms with Crippen LogP contribution in [0, 0.1) is 5.41 Å². The fourth-order valence-electron chi connectivity index (χ4n) is 2.98. The summed E-state index contributed by atoms with van der Waals surface area (Å²) in [5.74, 6) is 0.844. The van der Waals surface area contributed by atoms with Gasteiger partial charge in [-0.25, -0.2) is 4.98 Å². The Hall–Kier alpha value is -2.16. The largest absolute Gasteiger partial charge is 0.475 e. The number of hydrogen-bond donors (Lipinski definition) is 2. The quantitative estimate of drug-likeness (QED) is 0.541. The summed E-state index contributed by atoms with van der Waals surface area (Å²) in [5, 5.41) is 7.91. The molecule has 0 radical (unpaired) electrons. The summed E-state index contributed by atoms with van der Waals surface area (Å²) in [7, 11) is 0. The third-order valence-electron chi connectivity index (χ3n) is 4.35. The van der Waals surface area contributed by atoms with Gasteiger partial charge in [-0.05, 0) is 31.6 Å². The van der Waals surface area contributed by atoms with Crippen molar-refractivity contribution in [1.82, 2.24) is 9.97 Å². The first-order chi connectivity index (χ1) is 13.7. The van der Waals surface area contributed by atoms with E-state index in [1.165, 1.54) is 11.8 Å². The molecule has 7 nitrogen and oxygen atoms in total. The lowest BCUT2D eigenvalue weighted by Crippen LogP contribution is -2.15. The average molecular weight is 403 g/mol. The molecule has 8 heteroatoms. The van der Waals surface area contributed by atoms with Gasteiger partial charge >= 0.3 is 0 Å². The Labute approximate surface area is 169 Å². The lowest BCUT2D eigenvalue weighted by Gasteiger charge is -2.13. The molecule has 1 aliphatic heterocycles. The van der Waals surface area contributed by atoms with E-state index in [2.05, 4.69) is 27.1 Å². The van der Waals surface area contributed by atoms with E-state index in [4.69, 9.17) is 19.6 Å². The normalized spacial score (nSPS) is 19.7. The second kappa shape index (κ2) is 10.4. The second-order valence-corrected chi connectivity index (χ2v) is 7.17. The van der Waals surface area contributed by atoms with Crippen molar-refractivity contribution in [3.05, 3.63) is 53.6 Å². The van der Waals surface area contributed by atoms with Gasteiger partial charge in [0.2, 0.25) is 0 Å². The molecule has 0 aliphatic carbocycles. The third kappa shape index (κ3) is 5.67. The van der Waals surface area contributed by atoms with Gasteiger partial charge in [0.15, 0.2) is 11.0 Å². The van der Waals surface area contributed by atoms with Crippen molar-refractivity contribution in [2.24, 2.45) is 4.99 Å². The molecule has 28 heavy (non-hydrogen) atoms. The van der Waals surface area contributed by atoms with E-state index in [-0.39, 0.29) is 17.4 Å². The van der Waals surface area contributed by atoms with E-state index in [1.54, 1.807) is 12.5 Å². The van der Waals surface area contributed by atoms with Crippen molar-refractivity contribution in [3.8, 4) is 0 Å². The maximum atomic E-state index is 7.74. The number of aromatic nitrogens is 2. The lowest BCUT2D eigenvalue weighted by atomic mass is 10.1. The molecule has 3 rings (SSSR count). The molecule has 2 atom stereocenters.